The molecule has 0 saturated carbocycles. The molecule has 7 nitrogen and oxygen atoms in total. The number of piperidine rings is 1. The van der Waals surface area contributed by atoms with E-state index >= 15 is 0 Å². The minimum atomic E-state index is -0.539. The lowest BCUT2D eigenvalue weighted by atomic mass is 9.97. The zero-order valence-electron chi connectivity index (χ0n) is 21.9. The van der Waals surface area contributed by atoms with Crippen LogP contribution in [0.1, 0.15) is 57.6 Å². The van der Waals surface area contributed by atoms with Crippen molar-refractivity contribution in [3.05, 3.63) is 35.4 Å². The van der Waals surface area contributed by atoms with E-state index in [0.717, 1.165) is 41.5 Å². The molecule has 3 rings (SSSR count). The van der Waals surface area contributed by atoms with Crippen LogP contribution in [0.25, 0.3) is 10.8 Å². The molecule has 1 atom stereocenters. The molecular weight excluding hydrogens is 446 g/mol. The molecule has 35 heavy (non-hydrogen) atoms. The highest BCUT2D eigenvalue weighted by atomic mass is 16.5. The van der Waals surface area contributed by atoms with Crippen LogP contribution in [0.3, 0.4) is 0 Å². The summed E-state index contributed by atoms with van der Waals surface area (Å²) in [6.07, 6.45) is 6.06. The number of likely N-dealkylation sites (tertiary alicyclic amines) is 1. The summed E-state index contributed by atoms with van der Waals surface area (Å²) in [4.78, 5) is 15.3. The molecule has 1 aliphatic heterocycles. The third-order valence-electron chi connectivity index (χ3n) is 6.46. The monoisotopic (exact) mass is 485 g/mol. The van der Waals surface area contributed by atoms with Crippen molar-refractivity contribution in [3.8, 4) is 23.0 Å². The van der Waals surface area contributed by atoms with Gasteiger partial charge in [-0.3, -0.25) is 4.79 Å². The SMILES string of the molecule is COc1ccc(OC)c2c(OC)c([C@H](CC=C(C)C)OC(=O)CCN3CCCCC3)cc(OC)c12. The summed E-state index contributed by atoms with van der Waals surface area (Å²) >= 11 is 0. The lowest BCUT2D eigenvalue weighted by Gasteiger charge is -2.27. The number of hydrogen-bond acceptors (Lipinski definition) is 7. The summed E-state index contributed by atoms with van der Waals surface area (Å²) in [6, 6.07) is 5.55. The molecule has 192 valence electrons. The van der Waals surface area contributed by atoms with Crippen LogP contribution in [0, 0.1) is 0 Å². The highest BCUT2D eigenvalue weighted by Gasteiger charge is 2.27. The van der Waals surface area contributed by atoms with Crippen LogP contribution < -0.4 is 18.9 Å². The van der Waals surface area contributed by atoms with Crippen LogP contribution >= 0.6 is 0 Å². The molecule has 0 aromatic heterocycles. The molecule has 7 heteroatoms. The van der Waals surface area contributed by atoms with Gasteiger partial charge in [0.2, 0.25) is 0 Å². The zero-order chi connectivity index (χ0) is 25.4. The van der Waals surface area contributed by atoms with Crippen LogP contribution in [-0.4, -0.2) is 58.9 Å². The number of nitrogens with zero attached hydrogens (tertiary/aromatic N) is 1. The number of rotatable bonds is 11. The van der Waals surface area contributed by atoms with E-state index in [0.29, 0.717) is 35.8 Å². The Hall–Kier alpha value is -2.93. The lowest BCUT2D eigenvalue weighted by molar-refractivity contribution is -0.149. The molecule has 0 radical (unpaired) electrons. The Morgan fingerprint density at radius 2 is 1.54 bits per heavy atom. The fourth-order valence-corrected chi connectivity index (χ4v) is 4.65. The van der Waals surface area contributed by atoms with Crippen molar-refractivity contribution >= 4 is 16.7 Å². The van der Waals surface area contributed by atoms with Gasteiger partial charge in [0.25, 0.3) is 0 Å². The van der Waals surface area contributed by atoms with Crippen LogP contribution in [0.2, 0.25) is 0 Å². The number of ether oxygens (including phenoxy) is 5. The summed E-state index contributed by atoms with van der Waals surface area (Å²) in [5, 5.41) is 1.46. The van der Waals surface area contributed by atoms with Crippen LogP contribution in [0.15, 0.2) is 29.8 Å². The first kappa shape index (κ1) is 26.7. The van der Waals surface area contributed by atoms with E-state index in [1.807, 2.05) is 32.0 Å². The molecule has 0 bridgehead atoms. The second kappa shape index (κ2) is 12.7. The first-order valence-electron chi connectivity index (χ1n) is 12.3. The summed E-state index contributed by atoms with van der Waals surface area (Å²) in [5.74, 6) is 2.21. The number of hydrogen-bond donors (Lipinski definition) is 0. The van der Waals surface area contributed by atoms with E-state index in [1.54, 1.807) is 28.4 Å². The van der Waals surface area contributed by atoms with Crippen molar-refractivity contribution in [2.45, 2.75) is 52.1 Å². The topological polar surface area (TPSA) is 66.5 Å². The molecule has 0 spiro atoms. The van der Waals surface area contributed by atoms with E-state index in [9.17, 15) is 4.79 Å². The molecule has 1 fully saturated rings. The molecule has 1 aliphatic rings. The fraction of sp³-hybridized carbons (Fsp3) is 0.536. The standard InChI is InChI=1S/C28H39NO6/c1-19(2)10-11-21(35-25(30)14-17-29-15-8-7-9-16-29)20-18-24(33-5)26-22(31-3)12-13-23(32-4)27(26)28(20)34-6/h10,12-13,18,21H,7-9,11,14-17H2,1-6H3/t21-/m0/s1. The number of esters is 1. The molecular formula is C28H39NO6. The fourth-order valence-electron chi connectivity index (χ4n) is 4.65. The van der Waals surface area contributed by atoms with Crippen LogP contribution in [-0.2, 0) is 9.53 Å². The van der Waals surface area contributed by atoms with Crippen molar-refractivity contribution in [3.63, 3.8) is 0 Å². The normalized spacial score (nSPS) is 14.8. The lowest BCUT2D eigenvalue weighted by Crippen LogP contribution is -2.32. The summed E-state index contributed by atoms with van der Waals surface area (Å²) in [5.41, 5.74) is 1.87. The van der Waals surface area contributed by atoms with Crippen molar-refractivity contribution in [1.82, 2.24) is 4.90 Å². The summed E-state index contributed by atoms with van der Waals surface area (Å²) in [6.45, 7) is 6.87. The van der Waals surface area contributed by atoms with Gasteiger partial charge in [0, 0.05) is 18.5 Å². The maximum Gasteiger partial charge on any atom is 0.307 e. The minimum absolute atomic E-state index is 0.221. The first-order valence-corrected chi connectivity index (χ1v) is 12.3. The number of carbonyl (C=O) groups excluding carboxylic acids is 1. The first-order chi connectivity index (χ1) is 16.9. The zero-order valence-corrected chi connectivity index (χ0v) is 21.9. The maximum absolute atomic E-state index is 13.0. The van der Waals surface area contributed by atoms with Crippen LogP contribution in [0.4, 0.5) is 0 Å². The third-order valence-corrected chi connectivity index (χ3v) is 6.46. The van der Waals surface area contributed by atoms with Crippen molar-refractivity contribution in [2.75, 3.05) is 48.1 Å². The molecule has 0 amide bonds. The van der Waals surface area contributed by atoms with E-state index in [-0.39, 0.29) is 5.97 Å². The van der Waals surface area contributed by atoms with Gasteiger partial charge in [0.15, 0.2) is 0 Å². The van der Waals surface area contributed by atoms with Gasteiger partial charge < -0.3 is 28.6 Å². The molecule has 0 unspecified atom stereocenters. The highest BCUT2D eigenvalue weighted by molar-refractivity contribution is 6.03. The van der Waals surface area contributed by atoms with Crippen LogP contribution in [0.5, 0.6) is 23.0 Å². The van der Waals surface area contributed by atoms with Gasteiger partial charge in [0.05, 0.1) is 45.6 Å². The Balaban J connectivity index is 2.03. The average molecular weight is 486 g/mol. The Labute approximate surface area is 208 Å². The van der Waals surface area contributed by atoms with E-state index in [4.69, 9.17) is 23.7 Å². The Morgan fingerprint density at radius 1 is 0.914 bits per heavy atom. The second-order valence-corrected chi connectivity index (χ2v) is 9.07. The van der Waals surface area contributed by atoms with Gasteiger partial charge in [0.1, 0.15) is 29.1 Å². The van der Waals surface area contributed by atoms with Crippen molar-refractivity contribution in [2.24, 2.45) is 0 Å². The van der Waals surface area contributed by atoms with Gasteiger partial charge in [-0.25, -0.2) is 0 Å². The molecule has 2 aromatic carbocycles. The maximum atomic E-state index is 13.0. The predicted octanol–water partition coefficient (Wildman–Crippen LogP) is 5.69. The number of fused-ring (bicyclic) bond motifs is 1. The van der Waals surface area contributed by atoms with Crippen molar-refractivity contribution < 1.29 is 28.5 Å². The molecule has 2 aromatic rings. The molecule has 0 N–H and O–H groups in total. The largest absolute Gasteiger partial charge is 0.496 e. The van der Waals surface area contributed by atoms with Gasteiger partial charge in [-0.1, -0.05) is 18.1 Å². The highest BCUT2D eigenvalue weighted by Crippen LogP contribution is 2.48. The van der Waals surface area contributed by atoms with E-state index < -0.39 is 6.10 Å². The number of benzene rings is 2. The summed E-state index contributed by atoms with van der Waals surface area (Å²) in [7, 11) is 6.45. The molecule has 1 saturated heterocycles. The quantitative estimate of drug-likeness (QED) is 0.299. The Kier molecular flexibility index (Phi) is 9.66. The van der Waals surface area contributed by atoms with Gasteiger partial charge in [-0.15, -0.1) is 0 Å². The van der Waals surface area contributed by atoms with Crippen molar-refractivity contribution in [1.29, 1.82) is 0 Å². The van der Waals surface area contributed by atoms with Gasteiger partial charge in [-0.2, -0.15) is 0 Å². The number of allylic oxidation sites excluding steroid dienone is 1. The number of methoxy groups -OCH3 is 4. The van der Waals surface area contributed by atoms with E-state index in [1.165, 1.54) is 19.3 Å². The third kappa shape index (κ3) is 6.40. The summed E-state index contributed by atoms with van der Waals surface area (Å²) < 4.78 is 29.0. The molecule has 1 heterocycles. The minimum Gasteiger partial charge on any atom is -0.496 e. The van der Waals surface area contributed by atoms with Gasteiger partial charge >= 0.3 is 5.97 Å². The van der Waals surface area contributed by atoms with E-state index in [2.05, 4.69) is 11.0 Å². The second-order valence-electron chi connectivity index (χ2n) is 9.07. The predicted molar refractivity (Wildman–Crippen MR) is 138 cm³/mol. The number of carbonyl (C=O) groups is 1. The Morgan fingerprint density at radius 3 is 2.11 bits per heavy atom. The van der Waals surface area contributed by atoms with Gasteiger partial charge in [-0.05, 0) is 58.0 Å². The smallest absolute Gasteiger partial charge is 0.307 e. The Bertz CT molecular complexity index is 1040. The molecule has 0 aliphatic carbocycles. The average Bonchev–Trinajstić information content (AvgIpc) is 2.88.